The fourth-order valence-electron chi connectivity index (χ4n) is 2.08. The molecule has 0 atom stereocenters. The van der Waals surface area contributed by atoms with E-state index in [2.05, 4.69) is 20.3 Å². The van der Waals surface area contributed by atoms with Gasteiger partial charge in [-0.15, -0.1) is 11.3 Å². The van der Waals surface area contributed by atoms with E-state index >= 15 is 0 Å². The Morgan fingerprint density at radius 1 is 1.18 bits per heavy atom. The Balaban J connectivity index is 1.57. The van der Waals surface area contributed by atoms with E-state index in [1.807, 2.05) is 24.3 Å². The Bertz CT molecular complexity index is 906. The monoisotopic (exact) mass is 310 g/mol. The van der Waals surface area contributed by atoms with Crippen molar-refractivity contribution in [2.75, 3.05) is 5.32 Å². The van der Waals surface area contributed by atoms with E-state index in [1.54, 1.807) is 23.8 Å². The van der Waals surface area contributed by atoms with E-state index in [4.69, 9.17) is 4.42 Å². The summed E-state index contributed by atoms with van der Waals surface area (Å²) in [6, 6.07) is 11.2. The predicted octanol–water partition coefficient (Wildman–Crippen LogP) is 3.53. The van der Waals surface area contributed by atoms with Crippen LogP contribution < -0.4 is 5.32 Å². The normalized spacial score (nSPS) is 10.9. The maximum Gasteiger partial charge on any atom is 0.277 e. The van der Waals surface area contributed by atoms with Gasteiger partial charge in [0.15, 0.2) is 10.8 Å². The number of nitrogens with zero attached hydrogens (tertiary/aromatic N) is 2. The second kappa shape index (κ2) is 5.12. The van der Waals surface area contributed by atoms with Crippen LogP contribution in [0.3, 0.4) is 0 Å². The fourth-order valence-corrected chi connectivity index (χ4v) is 2.84. The van der Waals surface area contributed by atoms with Crippen molar-refractivity contribution in [3.63, 3.8) is 0 Å². The number of furan rings is 1. The van der Waals surface area contributed by atoms with Crippen LogP contribution in [0.4, 0.5) is 5.95 Å². The first-order valence-electron chi connectivity index (χ1n) is 6.55. The van der Waals surface area contributed by atoms with E-state index in [0.29, 0.717) is 22.4 Å². The lowest BCUT2D eigenvalue weighted by Crippen LogP contribution is -2.13. The summed E-state index contributed by atoms with van der Waals surface area (Å²) >= 11 is 1.35. The van der Waals surface area contributed by atoms with Gasteiger partial charge in [0.1, 0.15) is 5.69 Å². The van der Waals surface area contributed by atoms with Crippen molar-refractivity contribution in [1.82, 2.24) is 15.0 Å². The van der Waals surface area contributed by atoms with Gasteiger partial charge < -0.3 is 9.40 Å². The average molecular weight is 310 g/mol. The molecule has 4 rings (SSSR count). The van der Waals surface area contributed by atoms with Gasteiger partial charge in [0.2, 0.25) is 5.95 Å². The van der Waals surface area contributed by atoms with Crippen LogP contribution in [-0.2, 0) is 0 Å². The minimum atomic E-state index is -0.312. The Labute approximate surface area is 128 Å². The maximum atomic E-state index is 12.2. The summed E-state index contributed by atoms with van der Waals surface area (Å²) in [6.07, 6.45) is 1.57. The first-order valence-corrected chi connectivity index (χ1v) is 7.43. The van der Waals surface area contributed by atoms with Crippen LogP contribution in [0.2, 0.25) is 0 Å². The van der Waals surface area contributed by atoms with Gasteiger partial charge in [-0.3, -0.25) is 10.1 Å². The number of thiazole rings is 1. The third-order valence-corrected chi connectivity index (χ3v) is 3.95. The van der Waals surface area contributed by atoms with Gasteiger partial charge in [-0.1, -0.05) is 12.1 Å². The fraction of sp³-hybridized carbons (Fsp3) is 0. The highest BCUT2D eigenvalue weighted by Crippen LogP contribution is 2.24. The number of fused-ring (bicyclic) bond motifs is 1. The molecular formula is C15H10N4O2S. The highest BCUT2D eigenvalue weighted by atomic mass is 32.1. The molecule has 0 unspecified atom stereocenters. The van der Waals surface area contributed by atoms with Gasteiger partial charge in [-0.25, -0.2) is 9.97 Å². The quantitative estimate of drug-likeness (QED) is 0.606. The third kappa shape index (κ3) is 2.27. The molecule has 1 aromatic carbocycles. The Hall–Kier alpha value is -2.93. The first kappa shape index (κ1) is 12.8. The molecule has 0 saturated heterocycles. The Morgan fingerprint density at radius 3 is 2.91 bits per heavy atom. The van der Waals surface area contributed by atoms with Gasteiger partial charge in [0, 0.05) is 5.38 Å². The van der Waals surface area contributed by atoms with Crippen LogP contribution in [0.15, 0.2) is 52.5 Å². The van der Waals surface area contributed by atoms with Crippen LogP contribution >= 0.6 is 11.3 Å². The molecule has 6 nitrogen and oxygen atoms in total. The highest BCUT2D eigenvalue weighted by Gasteiger charge is 2.14. The molecule has 0 aliphatic carbocycles. The molecule has 4 aromatic rings. The number of benzene rings is 1. The first-order chi connectivity index (χ1) is 10.8. The van der Waals surface area contributed by atoms with Crippen LogP contribution in [0.5, 0.6) is 0 Å². The molecule has 3 aromatic heterocycles. The number of amides is 1. The second-order valence-corrected chi connectivity index (χ2v) is 5.43. The van der Waals surface area contributed by atoms with Crippen molar-refractivity contribution < 1.29 is 9.21 Å². The number of aromatic nitrogens is 3. The minimum Gasteiger partial charge on any atom is -0.462 e. The molecular weight excluding hydrogens is 300 g/mol. The zero-order valence-corrected chi connectivity index (χ0v) is 12.1. The number of imidazole rings is 1. The summed E-state index contributed by atoms with van der Waals surface area (Å²) in [7, 11) is 0. The van der Waals surface area contributed by atoms with E-state index in [0.717, 1.165) is 11.0 Å². The molecule has 1 amide bonds. The smallest absolute Gasteiger partial charge is 0.277 e. The van der Waals surface area contributed by atoms with Crippen molar-refractivity contribution in [1.29, 1.82) is 0 Å². The van der Waals surface area contributed by atoms with E-state index in [-0.39, 0.29) is 5.91 Å². The van der Waals surface area contributed by atoms with Gasteiger partial charge in [0.05, 0.1) is 17.3 Å². The van der Waals surface area contributed by atoms with Gasteiger partial charge >= 0.3 is 0 Å². The summed E-state index contributed by atoms with van der Waals surface area (Å²) in [5.41, 5.74) is 2.00. The Morgan fingerprint density at radius 2 is 2.09 bits per heavy atom. The number of hydrogen-bond donors (Lipinski definition) is 2. The SMILES string of the molecule is O=C(Nc1nc2ccccc2[nH]1)c1csc(-c2ccco2)n1. The molecule has 0 fully saturated rings. The highest BCUT2D eigenvalue weighted by molar-refractivity contribution is 7.13. The zero-order chi connectivity index (χ0) is 14.9. The number of carbonyl (C=O) groups is 1. The number of anilines is 1. The van der Waals surface area contributed by atoms with Crippen molar-refractivity contribution >= 4 is 34.2 Å². The van der Waals surface area contributed by atoms with Gasteiger partial charge in [-0.2, -0.15) is 0 Å². The lowest BCUT2D eigenvalue weighted by molar-refractivity contribution is 0.102. The van der Waals surface area contributed by atoms with Crippen molar-refractivity contribution in [3.8, 4) is 10.8 Å². The minimum absolute atomic E-state index is 0.312. The molecule has 3 heterocycles. The summed E-state index contributed by atoms with van der Waals surface area (Å²) in [5.74, 6) is 0.736. The number of rotatable bonds is 3. The lowest BCUT2D eigenvalue weighted by Gasteiger charge is -1.97. The van der Waals surface area contributed by atoms with E-state index in [9.17, 15) is 4.79 Å². The molecule has 0 aliphatic heterocycles. The molecule has 0 spiro atoms. The second-order valence-electron chi connectivity index (χ2n) is 4.57. The van der Waals surface area contributed by atoms with Gasteiger partial charge in [0.25, 0.3) is 5.91 Å². The van der Waals surface area contributed by atoms with Crippen LogP contribution in [-0.4, -0.2) is 20.9 Å². The molecule has 7 heteroatoms. The largest absolute Gasteiger partial charge is 0.462 e. The number of H-pyrrole nitrogens is 1. The average Bonchev–Trinajstić information content (AvgIpc) is 3.26. The van der Waals surface area contributed by atoms with Crippen LogP contribution in [0.25, 0.3) is 21.8 Å². The summed E-state index contributed by atoms with van der Waals surface area (Å²) in [5, 5.41) is 5.07. The van der Waals surface area contributed by atoms with Gasteiger partial charge in [-0.05, 0) is 24.3 Å². The Kier molecular flexibility index (Phi) is 2.97. The van der Waals surface area contributed by atoms with Crippen LogP contribution in [0.1, 0.15) is 10.5 Å². The summed E-state index contributed by atoms with van der Waals surface area (Å²) in [6.45, 7) is 0. The molecule has 2 N–H and O–H groups in total. The summed E-state index contributed by atoms with van der Waals surface area (Å²) < 4.78 is 5.27. The number of aromatic amines is 1. The van der Waals surface area contributed by atoms with Crippen molar-refractivity contribution in [2.45, 2.75) is 0 Å². The van der Waals surface area contributed by atoms with E-state index < -0.39 is 0 Å². The molecule has 0 saturated carbocycles. The summed E-state index contributed by atoms with van der Waals surface area (Å²) in [4.78, 5) is 23.8. The molecule has 0 bridgehead atoms. The maximum absolute atomic E-state index is 12.2. The molecule has 0 radical (unpaired) electrons. The topological polar surface area (TPSA) is 83.8 Å². The number of hydrogen-bond acceptors (Lipinski definition) is 5. The third-order valence-electron chi connectivity index (χ3n) is 3.09. The molecule has 0 aliphatic rings. The molecule has 108 valence electrons. The number of para-hydroxylation sites is 2. The van der Waals surface area contributed by atoms with E-state index in [1.165, 1.54) is 11.3 Å². The zero-order valence-electron chi connectivity index (χ0n) is 11.2. The lowest BCUT2D eigenvalue weighted by atomic mass is 10.3. The molecule has 22 heavy (non-hydrogen) atoms. The standard InChI is InChI=1S/C15H10N4O2S/c20-13(11-8-22-14(16-11)12-6-3-7-21-12)19-15-17-9-4-1-2-5-10(9)18-15/h1-8H,(H2,17,18,19,20). The van der Waals surface area contributed by atoms with Crippen LogP contribution in [0, 0.1) is 0 Å². The predicted molar refractivity (Wildman–Crippen MR) is 83.9 cm³/mol. The van der Waals surface area contributed by atoms with Crippen molar-refractivity contribution in [2.24, 2.45) is 0 Å². The number of carbonyl (C=O) groups excluding carboxylic acids is 1. The number of nitrogens with one attached hydrogen (secondary N) is 2. The van der Waals surface area contributed by atoms with Crippen molar-refractivity contribution in [3.05, 3.63) is 53.7 Å².